The Morgan fingerprint density at radius 3 is 2.76 bits per heavy atom. The maximum absolute atomic E-state index is 13.1. The summed E-state index contributed by atoms with van der Waals surface area (Å²) in [4.78, 5) is 12.0. The number of halogens is 1. The molecular formula is C19H20FNO3S. The topological polar surface area (TPSA) is 63.2 Å². The Kier molecular flexibility index (Phi) is 5.18. The molecule has 1 aliphatic carbocycles. The van der Waals surface area contributed by atoms with Gasteiger partial charge in [-0.25, -0.2) is 12.8 Å². The third-order valence-corrected chi connectivity index (χ3v) is 6.60. The fourth-order valence-corrected chi connectivity index (χ4v) is 5.15. The van der Waals surface area contributed by atoms with Gasteiger partial charge in [-0.05, 0) is 48.6 Å². The second-order valence-corrected chi connectivity index (χ2v) is 8.56. The standard InChI is InChI=1S/C19H20FNO3S/c20-15-7-4-8-16(13-15)21-19(22)11-12-25(23,24)18-10-3-6-14-5-1-2-9-17(14)18/h1-2,4-5,7-9,13,18H,3,6,10-12H2,(H,21,22)/t18-/m1/s1. The van der Waals surface area contributed by atoms with Gasteiger partial charge in [0.15, 0.2) is 9.84 Å². The van der Waals surface area contributed by atoms with Gasteiger partial charge in [0.05, 0.1) is 11.0 Å². The van der Waals surface area contributed by atoms with E-state index in [0.717, 1.165) is 24.0 Å². The number of hydrogen-bond acceptors (Lipinski definition) is 3. The second kappa shape index (κ2) is 7.35. The summed E-state index contributed by atoms with van der Waals surface area (Å²) in [5, 5.41) is 1.99. The number of carbonyl (C=O) groups excluding carboxylic acids is 1. The summed E-state index contributed by atoms with van der Waals surface area (Å²) in [6.45, 7) is 0. The molecule has 0 saturated carbocycles. The van der Waals surface area contributed by atoms with Crippen molar-refractivity contribution in [2.45, 2.75) is 30.9 Å². The molecule has 1 aliphatic rings. The molecule has 25 heavy (non-hydrogen) atoms. The van der Waals surface area contributed by atoms with Crippen molar-refractivity contribution >= 4 is 21.4 Å². The first-order valence-electron chi connectivity index (χ1n) is 8.30. The molecule has 0 heterocycles. The van der Waals surface area contributed by atoms with Crippen LogP contribution in [0, 0.1) is 5.82 Å². The van der Waals surface area contributed by atoms with E-state index in [4.69, 9.17) is 0 Å². The molecule has 0 unspecified atom stereocenters. The van der Waals surface area contributed by atoms with Gasteiger partial charge in [-0.3, -0.25) is 4.79 Å². The lowest BCUT2D eigenvalue weighted by molar-refractivity contribution is -0.115. The third-order valence-electron chi connectivity index (χ3n) is 4.47. The maximum Gasteiger partial charge on any atom is 0.225 e. The number of benzene rings is 2. The Morgan fingerprint density at radius 2 is 1.96 bits per heavy atom. The molecule has 1 atom stereocenters. The molecule has 0 aromatic heterocycles. The highest BCUT2D eigenvalue weighted by Gasteiger charge is 2.31. The normalized spacial score (nSPS) is 16.9. The molecule has 0 spiro atoms. The summed E-state index contributed by atoms with van der Waals surface area (Å²) in [6.07, 6.45) is 2.17. The van der Waals surface area contributed by atoms with Gasteiger partial charge < -0.3 is 5.32 Å². The van der Waals surface area contributed by atoms with Gasteiger partial charge in [0.1, 0.15) is 5.82 Å². The number of fused-ring (bicyclic) bond motifs is 1. The van der Waals surface area contributed by atoms with E-state index in [9.17, 15) is 17.6 Å². The molecule has 4 nitrogen and oxygen atoms in total. The molecule has 1 N–H and O–H groups in total. The molecule has 6 heteroatoms. The van der Waals surface area contributed by atoms with Crippen molar-refractivity contribution in [1.82, 2.24) is 0 Å². The molecule has 0 bridgehead atoms. The Hall–Kier alpha value is -2.21. The van der Waals surface area contributed by atoms with Crippen molar-refractivity contribution < 1.29 is 17.6 Å². The van der Waals surface area contributed by atoms with E-state index in [0.29, 0.717) is 12.1 Å². The van der Waals surface area contributed by atoms with Gasteiger partial charge in [-0.2, -0.15) is 0 Å². The lowest BCUT2D eigenvalue weighted by atomic mass is 9.91. The maximum atomic E-state index is 13.1. The quantitative estimate of drug-likeness (QED) is 0.884. The van der Waals surface area contributed by atoms with Crippen molar-refractivity contribution in [3.63, 3.8) is 0 Å². The van der Waals surface area contributed by atoms with Crippen LogP contribution in [0.4, 0.5) is 10.1 Å². The fraction of sp³-hybridized carbons (Fsp3) is 0.316. The van der Waals surface area contributed by atoms with Crippen LogP contribution in [-0.4, -0.2) is 20.1 Å². The van der Waals surface area contributed by atoms with Crippen LogP contribution in [0.3, 0.4) is 0 Å². The first-order chi connectivity index (χ1) is 12.0. The summed E-state index contributed by atoms with van der Waals surface area (Å²) in [6, 6.07) is 13.1. The summed E-state index contributed by atoms with van der Waals surface area (Å²) in [5.41, 5.74) is 2.26. The fourth-order valence-electron chi connectivity index (χ4n) is 3.25. The van der Waals surface area contributed by atoms with Crippen LogP contribution in [0.1, 0.15) is 35.6 Å². The van der Waals surface area contributed by atoms with Crippen molar-refractivity contribution in [1.29, 1.82) is 0 Å². The minimum Gasteiger partial charge on any atom is -0.326 e. The van der Waals surface area contributed by atoms with Crippen LogP contribution in [0.5, 0.6) is 0 Å². The van der Waals surface area contributed by atoms with E-state index >= 15 is 0 Å². The lowest BCUT2D eigenvalue weighted by Gasteiger charge is -2.25. The molecule has 0 saturated heterocycles. The van der Waals surface area contributed by atoms with Crippen LogP contribution in [-0.2, 0) is 21.1 Å². The zero-order valence-electron chi connectivity index (χ0n) is 13.7. The molecule has 3 rings (SSSR count). The van der Waals surface area contributed by atoms with Crippen LogP contribution < -0.4 is 5.32 Å². The zero-order valence-corrected chi connectivity index (χ0v) is 14.6. The van der Waals surface area contributed by atoms with Crippen molar-refractivity contribution in [2.75, 3.05) is 11.1 Å². The number of hydrogen-bond donors (Lipinski definition) is 1. The number of rotatable bonds is 5. The van der Waals surface area contributed by atoms with E-state index in [1.54, 1.807) is 6.07 Å². The van der Waals surface area contributed by atoms with E-state index in [2.05, 4.69) is 5.32 Å². The molecule has 2 aromatic carbocycles. The van der Waals surface area contributed by atoms with Gasteiger partial charge in [0.25, 0.3) is 0 Å². The molecular weight excluding hydrogens is 341 g/mol. The Labute approximate surface area is 147 Å². The minimum atomic E-state index is -3.43. The first-order valence-corrected chi connectivity index (χ1v) is 10.0. The van der Waals surface area contributed by atoms with Gasteiger partial charge >= 0.3 is 0 Å². The molecule has 0 radical (unpaired) electrons. The number of aryl methyl sites for hydroxylation is 1. The molecule has 0 aliphatic heterocycles. The predicted molar refractivity (Wildman–Crippen MR) is 95.6 cm³/mol. The van der Waals surface area contributed by atoms with Crippen molar-refractivity contribution in [3.8, 4) is 0 Å². The first kappa shape index (κ1) is 17.6. The van der Waals surface area contributed by atoms with Gasteiger partial charge in [0.2, 0.25) is 5.91 Å². The average molecular weight is 361 g/mol. The van der Waals surface area contributed by atoms with E-state index in [-0.39, 0.29) is 12.2 Å². The number of anilines is 1. The molecule has 132 valence electrons. The molecule has 2 aromatic rings. The highest BCUT2D eigenvalue weighted by molar-refractivity contribution is 7.91. The number of nitrogens with one attached hydrogen (secondary N) is 1. The Morgan fingerprint density at radius 1 is 1.16 bits per heavy atom. The average Bonchev–Trinajstić information content (AvgIpc) is 2.59. The van der Waals surface area contributed by atoms with Gasteiger partial charge in [-0.15, -0.1) is 0 Å². The van der Waals surface area contributed by atoms with Crippen LogP contribution in [0.15, 0.2) is 48.5 Å². The Bertz CT molecular complexity index is 880. The summed E-state index contributed by atoms with van der Waals surface area (Å²) >= 11 is 0. The van der Waals surface area contributed by atoms with E-state index < -0.39 is 26.8 Å². The lowest BCUT2D eigenvalue weighted by Crippen LogP contribution is -2.24. The SMILES string of the molecule is O=C(CCS(=O)(=O)[C@@H]1CCCc2ccccc21)Nc1cccc(F)c1. The summed E-state index contributed by atoms with van der Waals surface area (Å²) < 4.78 is 38.6. The number of carbonyl (C=O) groups is 1. The highest BCUT2D eigenvalue weighted by Crippen LogP contribution is 2.36. The largest absolute Gasteiger partial charge is 0.326 e. The van der Waals surface area contributed by atoms with Crippen molar-refractivity contribution in [3.05, 3.63) is 65.5 Å². The third kappa shape index (κ3) is 4.25. The summed E-state index contributed by atoms with van der Waals surface area (Å²) in [5.74, 6) is -1.10. The zero-order chi connectivity index (χ0) is 17.9. The van der Waals surface area contributed by atoms with Crippen LogP contribution in [0.2, 0.25) is 0 Å². The monoisotopic (exact) mass is 361 g/mol. The Balaban J connectivity index is 1.65. The van der Waals surface area contributed by atoms with E-state index in [1.165, 1.54) is 18.2 Å². The van der Waals surface area contributed by atoms with E-state index in [1.807, 2.05) is 24.3 Å². The molecule has 0 fully saturated rings. The number of amides is 1. The number of sulfone groups is 1. The minimum absolute atomic E-state index is 0.141. The second-order valence-electron chi connectivity index (χ2n) is 6.26. The summed E-state index contributed by atoms with van der Waals surface area (Å²) in [7, 11) is -3.43. The smallest absolute Gasteiger partial charge is 0.225 e. The van der Waals surface area contributed by atoms with Crippen LogP contribution in [0.25, 0.3) is 0 Å². The van der Waals surface area contributed by atoms with Crippen molar-refractivity contribution in [2.24, 2.45) is 0 Å². The van der Waals surface area contributed by atoms with Crippen LogP contribution >= 0.6 is 0 Å². The molecule has 1 amide bonds. The van der Waals surface area contributed by atoms with Gasteiger partial charge in [-0.1, -0.05) is 30.3 Å². The predicted octanol–water partition coefficient (Wildman–Crippen LogP) is 3.65. The highest BCUT2D eigenvalue weighted by atomic mass is 32.2. The van der Waals surface area contributed by atoms with Gasteiger partial charge in [0, 0.05) is 12.1 Å².